The van der Waals surface area contributed by atoms with Crippen molar-refractivity contribution in [3.63, 3.8) is 0 Å². The molecule has 4 aliphatic heterocycles. The summed E-state index contributed by atoms with van der Waals surface area (Å²) < 4.78 is 46.7. The Morgan fingerprint density at radius 1 is 0.905 bits per heavy atom. The predicted octanol–water partition coefficient (Wildman–Crippen LogP) is 5.81. The van der Waals surface area contributed by atoms with Crippen LogP contribution in [-0.4, -0.2) is 112 Å². The summed E-state index contributed by atoms with van der Waals surface area (Å²) in [5.41, 5.74) is 5.47. The number of methoxy groups -OCH3 is 1. The fraction of sp³-hybridized carbons (Fsp3) is 0.478. The van der Waals surface area contributed by atoms with E-state index in [0.29, 0.717) is 67.3 Å². The Kier molecular flexibility index (Phi) is 11.9. The smallest absolute Gasteiger partial charge is 0.258 e. The largest absolute Gasteiger partial charge is 0.477 e. The second kappa shape index (κ2) is 17.7. The first-order valence-electron chi connectivity index (χ1n) is 22.0. The van der Waals surface area contributed by atoms with Crippen molar-refractivity contribution in [2.45, 2.75) is 76.9 Å². The highest BCUT2D eigenvalue weighted by Gasteiger charge is 2.36. The number of hydrogen-bond acceptors (Lipinski definition) is 11. The second-order valence-corrected chi connectivity index (χ2v) is 17.5. The molecule has 2 N–H and O–H groups in total. The average molecular weight is 865 g/mol. The van der Waals surface area contributed by atoms with Gasteiger partial charge in [0.2, 0.25) is 23.6 Å². The van der Waals surface area contributed by atoms with E-state index in [1.54, 1.807) is 30.1 Å². The molecule has 3 fully saturated rings. The molecule has 332 valence electrons. The quantitative estimate of drug-likeness (QED) is 0.199. The van der Waals surface area contributed by atoms with Gasteiger partial charge in [-0.1, -0.05) is 6.92 Å². The van der Waals surface area contributed by atoms with Crippen LogP contribution in [0.15, 0.2) is 48.7 Å². The number of rotatable bonds is 6. The van der Waals surface area contributed by atoms with E-state index in [4.69, 9.17) is 19.4 Å². The van der Waals surface area contributed by atoms with Crippen molar-refractivity contribution < 1.29 is 32.6 Å². The minimum absolute atomic E-state index is 0.0483. The molecule has 63 heavy (non-hydrogen) atoms. The number of fused-ring (bicyclic) bond motifs is 7. The molecule has 0 aliphatic carbocycles. The van der Waals surface area contributed by atoms with E-state index < -0.39 is 29.4 Å². The molecule has 3 aromatic heterocycles. The SMILES string of the molecule is COCC1CN(C2CCN(c3cc(F)c([C@H]4CCC(=O)NC4=O)c(F)c3)CC2)CCN1c1ccc2nc3n(c2c1)C[C@H](C)CCCOc1c(cnn1C)-c1cc(cc(C)n1)C(=O)N3. The molecule has 17 heteroatoms. The summed E-state index contributed by atoms with van der Waals surface area (Å²) in [6.45, 7) is 9.42. The van der Waals surface area contributed by atoms with Crippen molar-refractivity contribution in [3.05, 3.63) is 77.1 Å². The number of carbonyl (C=O) groups excluding carboxylic acids is 3. The van der Waals surface area contributed by atoms with Gasteiger partial charge in [-0.25, -0.2) is 18.4 Å². The summed E-state index contributed by atoms with van der Waals surface area (Å²) in [4.78, 5) is 54.6. The van der Waals surface area contributed by atoms with Crippen molar-refractivity contribution >= 4 is 46.1 Å². The molecule has 2 aromatic carbocycles. The van der Waals surface area contributed by atoms with Gasteiger partial charge in [-0.3, -0.25) is 34.9 Å². The Labute approximate surface area is 364 Å². The average Bonchev–Trinajstić information content (AvgIpc) is 3.80. The van der Waals surface area contributed by atoms with Crippen molar-refractivity contribution in [2.24, 2.45) is 13.0 Å². The third-order valence-electron chi connectivity index (χ3n) is 13.1. The zero-order chi connectivity index (χ0) is 43.9. The molecule has 3 amide bonds. The number of amides is 3. The van der Waals surface area contributed by atoms with Gasteiger partial charge in [0.05, 0.1) is 53.7 Å². The van der Waals surface area contributed by atoms with Crippen LogP contribution in [0.5, 0.6) is 5.88 Å². The fourth-order valence-electron chi connectivity index (χ4n) is 9.89. The Balaban J connectivity index is 0.911. The van der Waals surface area contributed by atoms with Gasteiger partial charge in [0.15, 0.2) is 0 Å². The molecule has 3 atom stereocenters. The van der Waals surface area contributed by atoms with Gasteiger partial charge in [0, 0.05) is 94.1 Å². The van der Waals surface area contributed by atoms with E-state index in [2.05, 4.69) is 49.2 Å². The number of piperidine rings is 2. The minimum atomic E-state index is -1.03. The van der Waals surface area contributed by atoms with Gasteiger partial charge in [0.1, 0.15) is 11.6 Å². The molecule has 0 saturated carbocycles. The molecule has 7 heterocycles. The Hall–Kier alpha value is -5.94. The monoisotopic (exact) mass is 864 g/mol. The number of imidazole rings is 1. The highest BCUT2D eigenvalue weighted by molar-refractivity contribution is 6.05. The number of nitrogens with one attached hydrogen (secondary N) is 2. The molecule has 9 rings (SSSR count). The molecule has 4 aliphatic rings. The van der Waals surface area contributed by atoms with Gasteiger partial charge >= 0.3 is 0 Å². The zero-order valence-electron chi connectivity index (χ0n) is 36.2. The zero-order valence-corrected chi connectivity index (χ0v) is 36.2. The summed E-state index contributed by atoms with van der Waals surface area (Å²) in [5.74, 6) is -2.56. The summed E-state index contributed by atoms with van der Waals surface area (Å²) in [6.07, 6.45) is 5.23. The predicted molar refractivity (Wildman–Crippen MR) is 234 cm³/mol. The highest BCUT2D eigenvalue weighted by atomic mass is 19.1. The van der Waals surface area contributed by atoms with Crippen LogP contribution >= 0.6 is 0 Å². The lowest BCUT2D eigenvalue weighted by Gasteiger charge is -2.47. The van der Waals surface area contributed by atoms with Crippen LogP contribution < -0.4 is 25.2 Å². The molecule has 2 bridgehead atoms. The molecular weight excluding hydrogens is 811 g/mol. The van der Waals surface area contributed by atoms with Gasteiger partial charge in [-0.15, -0.1) is 0 Å². The third kappa shape index (κ3) is 8.60. The highest BCUT2D eigenvalue weighted by Crippen LogP contribution is 2.36. The standard InChI is InChI=1S/C46H54F2N10O5/c1-27-6-5-17-63-45-35(23-49-54(45)3)39-19-29(18-28(2)50-39)43(60)53-46-51-38-9-7-31(22-40(38)58(46)24-27)57-16-15-56(25-33(57)26-62-4)30-11-13-55(14-12-30)32-20-36(47)42(37(48)21-32)34-8-10-41(59)52-44(34)61/h7,9,18-23,27,30,33-34H,5-6,8,10-17,24-26H2,1-4H3,(H,51,53,60)(H,52,59,61)/t27-,33?,34-/m1/s1. The number of ether oxygens (including phenoxy) is 2. The Morgan fingerprint density at radius 3 is 2.46 bits per heavy atom. The van der Waals surface area contributed by atoms with Crippen LogP contribution in [0.4, 0.5) is 26.1 Å². The molecular formula is C46H54F2N10O5. The molecule has 3 saturated heterocycles. The first-order valence-corrected chi connectivity index (χ1v) is 22.0. The maximum Gasteiger partial charge on any atom is 0.258 e. The first kappa shape index (κ1) is 42.4. The number of pyridine rings is 1. The van der Waals surface area contributed by atoms with E-state index in [9.17, 15) is 14.4 Å². The van der Waals surface area contributed by atoms with E-state index >= 15 is 8.78 Å². The maximum atomic E-state index is 15.4. The number of carbonyl (C=O) groups is 3. The Bertz CT molecular complexity index is 2530. The van der Waals surface area contributed by atoms with Crippen LogP contribution in [0.25, 0.3) is 22.3 Å². The first-order chi connectivity index (χ1) is 30.4. The van der Waals surface area contributed by atoms with Crippen molar-refractivity contribution in [3.8, 4) is 17.1 Å². The van der Waals surface area contributed by atoms with Gasteiger partial charge in [-0.2, -0.15) is 5.10 Å². The maximum absolute atomic E-state index is 15.4. The van der Waals surface area contributed by atoms with Crippen molar-refractivity contribution in [1.82, 2.24) is 34.5 Å². The normalized spacial score (nSPS) is 21.9. The van der Waals surface area contributed by atoms with Crippen LogP contribution in [0.1, 0.15) is 73.0 Å². The number of nitrogens with zero attached hydrogens (tertiary/aromatic N) is 8. The molecule has 0 spiro atoms. The second-order valence-electron chi connectivity index (χ2n) is 17.5. The number of aryl methyl sites for hydroxylation is 2. The van der Waals surface area contributed by atoms with E-state index in [1.807, 2.05) is 24.9 Å². The fourth-order valence-corrected chi connectivity index (χ4v) is 9.89. The summed E-state index contributed by atoms with van der Waals surface area (Å²) >= 11 is 0. The van der Waals surface area contributed by atoms with Crippen molar-refractivity contribution in [1.29, 1.82) is 0 Å². The van der Waals surface area contributed by atoms with E-state index in [1.165, 1.54) is 12.1 Å². The number of anilines is 3. The van der Waals surface area contributed by atoms with Gasteiger partial charge in [0.25, 0.3) is 5.91 Å². The van der Waals surface area contributed by atoms with Crippen LogP contribution in [0, 0.1) is 24.5 Å². The molecule has 15 nitrogen and oxygen atoms in total. The van der Waals surface area contributed by atoms with E-state index in [-0.39, 0.29) is 42.3 Å². The number of hydrogen-bond donors (Lipinski definition) is 2. The molecule has 1 unspecified atom stereocenters. The topological polar surface area (TPSA) is 152 Å². The number of aromatic nitrogens is 5. The molecule has 0 radical (unpaired) electrons. The van der Waals surface area contributed by atoms with Crippen LogP contribution in [-0.2, 0) is 27.9 Å². The number of benzene rings is 2. The summed E-state index contributed by atoms with van der Waals surface area (Å²) in [5, 5.41) is 9.76. The van der Waals surface area contributed by atoms with Crippen molar-refractivity contribution in [2.75, 3.05) is 68.2 Å². The summed E-state index contributed by atoms with van der Waals surface area (Å²) in [6, 6.07) is 12.8. The summed E-state index contributed by atoms with van der Waals surface area (Å²) in [7, 11) is 3.56. The van der Waals surface area contributed by atoms with Gasteiger partial charge in [-0.05, 0) is 87.4 Å². The molecule has 5 aromatic rings. The third-order valence-corrected chi connectivity index (χ3v) is 13.1. The van der Waals surface area contributed by atoms with Crippen LogP contribution in [0.2, 0.25) is 0 Å². The lowest BCUT2D eigenvalue weighted by Crippen LogP contribution is -2.59. The number of halogens is 2. The lowest BCUT2D eigenvalue weighted by atomic mass is 9.89. The Morgan fingerprint density at radius 2 is 1.70 bits per heavy atom. The lowest BCUT2D eigenvalue weighted by molar-refractivity contribution is -0.134. The minimum Gasteiger partial charge on any atom is -0.477 e. The van der Waals surface area contributed by atoms with Gasteiger partial charge < -0.3 is 23.8 Å². The van der Waals surface area contributed by atoms with E-state index in [0.717, 1.165) is 67.6 Å². The number of piperazine rings is 1. The van der Waals surface area contributed by atoms with Crippen LogP contribution in [0.3, 0.4) is 0 Å². The number of imide groups is 1.